The van der Waals surface area contributed by atoms with Crippen molar-refractivity contribution in [2.45, 2.75) is 51.9 Å². The largest absolute Gasteiger partial charge is 0.508 e. The van der Waals surface area contributed by atoms with Crippen LogP contribution in [-0.4, -0.2) is 33.2 Å². The number of aliphatic hydroxyl groups excluding tert-OH is 1. The van der Waals surface area contributed by atoms with Crippen molar-refractivity contribution in [3.8, 4) is 5.75 Å². The number of benzene rings is 1. The summed E-state index contributed by atoms with van der Waals surface area (Å²) in [4.78, 5) is 15.9. The maximum atomic E-state index is 9.75. The number of rotatable bonds is 10. The maximum Gasteiger partial charge on any atom is 0.469 e. The third-order valence-electron chi connectivity index (χ3n) is 3.11. The quantitative estimate of drug-likeness (QED) is 0.381. The Kier molecular flexibility index (Phi) is 13.0. The Labute approximate surface area is 138 Å². The molecule has 1 aromatic rings. The van der Waals surface area contributed by atoms with E-state index in [9.17, 15) is 4.57 Å². The first-order valence-corrected chi connectivity index (χ1v) is 9.51. The third-order valence-corrected chi connectivity index (χ3v) is 3.63. The van der Waals surface area contributed by atoms with Crippen LogP contribution >= 0.6 is 7.82 Å². The molecule has 0 radical (unpaired) electrons. The first-order valence-electron chi connectivity index (χ1n) is 7.98. The van der Waals surface area contributed by atoms with Crippen LogP contribution in [0.25, 0.3) is 0 Å². The lowest BCUT2D eigenvalue weighted by molar-refractivity contribution is 0.151. The van der Waals surface area contributed by atoms with Gasteiger partial charge in [-0.1, -0.05) is 51.2 Å². The molecule has 0 saturated heterocycles. The van der Waals surface area contributed by atoms with Crippen molar-refractivity contribution in [1.82, 2.24) is 0 Å². The fourth-order valence-corrected chi connectivity index (χ4v) is 2.25. The summed E-state index contributed by atoms with van der Waals surface area (Å²) in [6.07, 6.45) is 9.19. The van der Waals surface area contributed by atoms with Gasteiger partial charge in [0, 0.05) is 0 Å². The number of aryl methyl sites for hydroxylation is 1. The third kappa shape index (κ3) is 15.8. The van der Waals surface area contributed by atoms with E-state index in [1.54, 1.807) is 12.1 Å². The highest BCUT2D eigenvalue weighted by Gasteiger charge is 2.11. The van der Waals surface area contributed by atoms with Crippen LogP contribution in [0.2, 0.25) is 0 Å². The standard InChI is InChI=1S/C14H22O.C2H7O5P/c1-2-3-4-5-6-7-8-13-9-11-14(15)12-10-13;3-1-2-7-8(4,5)6/h9-12,15H,2-8H2,1H3;3H,1-2H2,(H2,4,5,6). The van der Waals surface area contributed by atoms with Gasteiger partial charge in [0.15, 0.2) is 0 Å². The first kappa shape index (κ1) is 22.1. The molecule has 0 unspecified atom stereocenters. The molecule has 0 aliphatic rings. The van der Waals surface area contributed by atoms with Crippen LogP contribution < -0.4 is 0 Å². The van der Waals surface area contributed by atoms with Gasteiger partial charge < -0.3 is 20.0 Å². The van der Waals surface area contributed by atoms with Crippen molar-refractivity contribution in [3.63, 3.8) is 0 Å². The van der Waals surface area contributed by atoms with Crippen LogP contribution in [0.5, 0.6) is 5.75 Å². The highest BCUT2D eigenvalue weighted by molar-refractivity contribution is 7.46. The Balaban J connectivity index is 0.000000515. The van der Waals surface area contributed by atoms with Crippen LogP contribution in [0.4, 0.5) is 0 Å². The molecule has 0 bridgehead atoms. The molecule has 0 spiro atoms. The van der Waals surface area contributed by atoms with E-state index in [2.05, 4.69) is 11.4 Å². The Morgan fingerprint density at radius 1 is 1.00 bits per heavy atom. The molecule has 0 heterocycles. The maximum absolute atomic E-state index is 9.75. The van der Waals surface area contributed by atoms with Crippen LogP contribution in [0.1, 0.15) is 51.0 Å². The zero-order valence-electron chi connectivity index (χ0n) is 13.7. The number of hydrogen-bond acceptors (Lipinski definition) is 4. The van der Waals surface area contributed by atoms with Crippen LogP contribution in [-0.2, 0) is 15.5 Å². The van der Waals surface area contributed by atoms with Gasteiger partial charge in [0.1, 0.15) is 5.75 Å². The van der Waals surface area contributed by atoms with Crippen molar-refractivity contribution < 1.29 is 29.1 Å². The van der Waals surface area contributed by atoms with Gasteiger partial charge >= 0.3 is 7.82 Å². The van der Waals surface area contributed by atoms with Crippen molar-refractivity contribution in [2.75, 3.05) is 13.2 Å². The van der Waals surface area contributed by atoms with Gasteiger partial charge in [0.05, 0.1) is 13.2 Å². The fraction of sp³-hybridized carbons (Fsp3) is 0.625. The van der Waals surface area contributed by atoms with E-state index in [0.717, 1.165) is 6.42 Å². The van der Waals surface area contributed by atoms with Gasteiger partial charge in [-0.3, -0.25) is 4.52 Å². The Bertz CT molecular complexity index is 429. The molecule has 134 valence electrons. The molecular weight excluding hydrogens is 319 g/mol. The second-order valence-corrected chi connectivity index (χ2v) is 6.47. The molecule has 0 saturated carbocycles. The van der Waals surface area contributed by atoms with Crippen molar-refractivity contribution >= 4 is 7.82 Å². The van der Waals surface area contributed by atoms with E-state index in [4.69, 9.17) is 20.0 Å². The second kappa shape index (κ2) is 13.5. The van der Waals surface area contributed by atoms with Crippen LogP contribution in [0.3, 0.4) is 0 Å². The summed E-state index contributed by atoms with van der Waals surface area (Å²) >= 11 is 0. The SMILES string of the molecule is CCCCCCCCc1ccc(O)cc1.O=P(O)(O)OCCO. The first-order chi connectivity index (χ1) is 10.9. The van der Waals surface area contributed by atoms with E-state index in [1.807, 2.05) is 12.1 Å². The minimum absolute atomic E-state index is 0.329. The van der Waals surface area contributed by atoms with E-state index in [-0.39, 0.29) is 13.2 Å². The molecule has 0 fully saturated rings. The molecule has 4 N–H and O–H groups in total. The van der Waals surface area contributed by atoms with Crippen molar-refractivity contribution in [3.05, 3.63) is 29.8 Å². The summed E-state index contributed by atoms with van der Waals surface area (Å²) in [6.45, 7) is 1.53. The zero-order chi connectivity index (χ0) is 17.6. The van der Waals surface area contributed by atoms with E-state index in [0.29, 0.717) is 5.75 Å². The molecule has 6 nitrogen and oxygen atoms in total. The van der Waals surface area contributed by atoms with Gasteiger partial charge in [0.25, 0.3) is 0 Å². The molecule has 0 aliphatic carbocycles. The molecule has 0 atom stereocenters. The van der Waals surface area contributed by atoms with Gasteiger partial charge in [0.2, 0.25) is 0 Å². The summed E-state index contributed by atoms with van der Waals surface area (Å²) in [5, 5.41) is 17.1. The van der Waals surface area contributed by atoms with Gasteiger partial charge in [-0.2, -0.15) is 0 Å². The number of hydrogen-bond donors (Lipinski definition) is 4. The number of aliphatic hydroxyl groups is 1. The number of aromatic hydroxyl groups is 1. The highest BCUT2D eigenvalue weighted by atomic mass is 31.2. The summed E-state index contributed by atoms with van der Waals surface area (Å²) in [6, 6.07) is 7.57. The molecule has 0 amide bonds. The lowest BCUT2D eigenvalue weighted by Crippen LogP contribution is -1.95. The number of phosphoric acid groups is 1. The average Bonchev–Trinajstić information content (AvgIpc) is 2.50. The minimum atomic E-state index is -4.34. The molecule has 23 heavy (non-hydrogen) atoms. The Morgan fingerprint density at radius 3 is 2.04 bits per heavy atom. The van der Waals surface area contributed by atoms with E-state index < -0.39 is 7.82 Å². The molecule has 1 rings (SSSR count). The summed E-state index contributed by atoms with van der Waals surface area (Å²) in [5.41, 5.74) is 1.34. The normalized spacial score (nSPS) is 11.0. The lowest BCUT2D eigenvalue weighted by Gasteiger charge is -2.02. The van der Waals surface area contributed by atoms with Gasteiger partial charge in [-0.05, 0) is 30.5 Å². The fourth-order valence-electron chi connectivity index (χ4n) is 1.93. The Morgan fingerprint density at radius 2 is 1.57 bits per heavy atom. The second-order valence-electron chi connectivity index (χ2n) is 5.23. The van der Waals surface area contributed by atoms with Crippen LogP contribution in [0.15, 0.2) is 24.3 Å². The minimum Gasteiger partial charge on any atom is -0.508 e. The summed E-state index contributed by atoms with van der Waals surface area (Å²) in [5.74, 6) is 0.363. The molecule has 0 aliphatic heterocycles. The van der Waals surface area contributed by atoms with Gasteiger partial charge in [-0.15, -0.1) is 0 Å². The molecule has 1 aromatic carbocycles. The summed E-state index contributed by atoms with van der Waals surface area (Å²) in [7, 11) is -4.34. The topological polar surface area (TPSA) is 107 Å². The predicted molar refractivity (Wildman–Crippen MR) is 90.3 cm³/mol. The monoisotopic (exact) mass is 348 g/mol. The highest BCUT2D eigenvalue weighted by Crippen LogP contribution is 2.34. The van der Waals surface area contributed by atoms with Crippen molar-refractivity contribution in [1.29, 1.82) is 0 Å². The smallest absolute Gasteiger partial charge is 0.469 e. The number of phenolic OH excluding ortho intramolecular Hbond substituents is 1. The molecule has 0 aromatic heterocycles. The average molecular weight is 348 g/mol. The number of phenols is 1. The molecular formula is C16H29O6P. The van der Waals surface area contributed by atoms with E-state index in [1.165, 1.54) is 44.1 Å². The zero-order valence-corrected chi connectivity index (χ0v) is 14.6. The predicted octanol–water partition coefficient (Wildman–Crippen LogP) is 3.38. The summed E-state index contributed by atoms with van der Waals surface area (Å²) < 4.78 is 13.5. The van der Waals surface area contributed by atoms with Crippen molar-refractivity contribution in [2.24, 2.45) is 0 Å². The Hall–Kier alpha value is -0.910. The molecule has 7 heteroatoms. The number of phosphoric ester groups is 1. The lowest BCUT2D eigenvalue weighted by atomic mass is 10.1. The van der Waals surface area contributed by atoms with Crippen LogP contribution in [0, 0.1) is 0 Å². The van der Waals surface area contributed by atoms with Gasteiger partial charge in [-0.25, -0.2) is 4.57 Å². The van der Waals surface area contributed by atoms with E-state index >= 15 is 0 Å². The number of unbranched alkanes of at least 4 members (excludes halogenated alkanes) is 5.